The lowest BCUT2D eigenvalue weighted by Crippen LogP contribution is -2.29. The van der Waals surface area contributed by atoms with E-state index in [9.17, 15) is 21.6 Å². The summed E-state index contributed by atoms with van der Waals surface area (Å²) in [6, 6.07) is 3.64. The monoisotopic (exact) mass is 423 g/mol. The van der Waals surface area contributed by atoms with Crippen molar-refractivity contribution in [3.63, 3.8) is 0 Å². The second kappa shape index (κ2) is 9.43. The van der Waals surface area contributed by atoms with Crippen molar-refractivity contribution in [2.24, 2.45) is 11.8 Å². The molecular formula is C19H25ClF3NO2S. The zero-order valence-corrected chi connectivity index (χ0v) is 16.8. The first-order chi connectivity index (χ1) is 12.6. The van der Waals surface area contributed by atoms with Crippen LogP contribution in [0.3, 0.4) is 0 Å². The average Bonchev–Trinajstić information content (AvgIpc) is 2.64. The summed E-state index contributed by atoms with van der Waals surface area (Å²) in [5, 5.41) is 0. The molecule has 0 unspecified atom stereocenters. The highest BCUT2D eigenvalue weighted by atomic mass is 35.5. The molecular weight excluding hydrogens is 399 g/mol. The lowest BCUT2D eigenvalue weighted by molar-refractivity contribution is -0.137. The van der Waals surface area contributed by atoms with Crippen LogP contribution in [0.1, 0.15) is 37.7 Å². The van der Waals surface area contributed by atoms with E-state index in [1.54, 1.807) is 0 Å². The molecule has 0 amide bonds. The molecule has 27 heavy (non-hydrogen) atoms. The van der Waals surface area contributed by atoms with Gasteiger partial charge in [-0.1, -0.05) is 12.2 Å². The van der Waals surface area contributed by atoms with Gasteiger partial charge in [0.2, 0.25) is 10.0 Å². The molecule has 1 aliphatic carbocycles. The Balaban J connectivity index is 1.89. The fraction of sp³-hybridized carbons (Fsp3) is 0.579. The lowest BCUT2D eigenvalue weighted by Gasteiger charge is -2.28. The summed E-state index contributed by atoms with van der Waals surface area (Å²) < 4.78 is 64.2. The quantitative estimate of drug-likeness (QED) is 0.439. The van der Waals surface area contributed by atoms with Gasteiger partial charge in [-0.25, -0.2) is 12.7 Å². The van der Waals surface area contributed by atoms with Gasteiger partial charge < -0.3 is 0 Å². The zero-order valence-electron chi connectivity index (χ0n) is 15.3. The molecule has 2 rings (SSSR count). The van der Waals surface area contributed by atoms with E-state index in [2.05, 4.69) is 6.08 Å². The highest BCUT2D eigenvalue weighted by molar-refractivity contribution is 7.89. The van der Waals surface area contributed by atoms with Crippen LogP contribution >= 0.6 is 11.6 Å². The minimum Gasteiger partial charge on any atom is -0.207 e. The maximum absolute atomic E-state index is 12.6. The number of hydrogen-bond acceptors (Lipinski definition) is 2. The van der Waals surface area contributed by atoms with Crippen LogP contribution in [0.25, 0.3) is 0 Å². The van der Waals surface area contributed by atoms with Crippen LogP contribution in [-0.2, 0) is 16.2 Å². The summed E-state index contributed by atoms with van der Waals surface area (Å²) in [5.41, 5.74) is -0.857. The van der Waals surface area contributed by atoms with Gasteiger partial charge in [-0.15, -0.1) is 11.6 Å². The van der Waals surface area contributed by atoms with E-state index in [1.807, 2.05) is 6.08 Å². The Morgan fingerprint density at radius 3 is 2.26 bits per heavy atom. The Bertz CT molecular complexity index is 724. The summed E-state index contributed by atoms with van der Waals surface area (Å²) in [6.07, 6.45) is 4.65. The zero-order chi connectivity index (χ0) is 20.1. The Morgan fingerprint density at radius 1 is 1.15 bits per heavy atom. The van der Waals surface area contributed by atoms with Gasteiger partial charge in [0.15, 0.2) is 0 Å². The van der Waals surface area contributed by atoms with Gasteiger partial charge in [-0.05, 0) is 68.2 Å². The molecule has 0 atom stereocenters. The Kier molecular flexibility index (Phi) is 7.77. The van der Waals surface area contributed by atoms with Crippen LogP contribution in [0, 0.1) is 11.8 Å². The number of rotatable bonds is 7. The fourth-order valence-electron chi connectivity index (χ4n) is 3.39. The normalized spacial score (nSPS) is 21.9. The third-order valence-corrected chi connectivity index (χ3v) is 7.18. The van der Waals surface area contributed by atoms with E-state index < -0.39 is 21.8 Å². The van der Waals surface area contributed by atoms with Gasteiger partial charge in [0, 0.05) is 19.5 Å². The van der Waals surface area contributed by atoms with Gasteiger partial charge in [0.1, 0.15) is 0 Å². The number of allylic oxidation sites excluding steroid dienone is 2. The van der Waals surface area contributed by atoms with E-state index in [0.717, 1.165) is 56.4 Å². The summed E-state index contributed by atoms with van der Waals surface area (Å²) in [6.45, 7) is 0.357. The van der Waals surface area contributed by atoms with Gasteiger partial charge in [0.05, 0.1) is 10.5 Å². The number of benzene rings is 1. The molecule has 0 saturated heterocycles. The molecule has 152 valence electrons. The number of nitrogens with zero attached hydrogens (tertiary/aromatic N) is 1. The molecule has 0 aromatic heterocycles. The Hall–Kier alpha value is -1.05. The molecule has 1 fully saturated rings. The average molecular weight is 424 g/mol. The minimum atomic E-state index is -4.48. The highest BCUT2D eigenvalue weighted by Gasteiger charge is 2.31. The van der Waals surface area contributed by atoms with Crippen molar-refractivity contribution in [2.45, 2.75) is 43.2 Å². The van der Waals surface area contributed by atoms with Gasteiger partial charge in [0.25, 0.3) is 0 Å². The van der Waals surface area contributed by atoms with Crippen LogP contribution in [0.4, 0.5) is 13.2 Å². The molecule has 3 nitrogen and oxygen atoms in total. The molecule has 8 heteroatoms. The van der Waals surface area contributed by atoms with E-state index >= 15 is 0 Å². The van der Waals surface area contributed by atoms with Gasteiger partial charge in [-0.3, -0.25) is 0 Å². The maximum atomic E-state index is 12.6. The number of alkyl halides is 4. The van der Waals surface area contributed by atoms with Crippen molar-refractivity contribution in [2.75, 3.05) is 19.5 Å². The minimum absolute atomic E-state index is 0.118. The van der Waals surface area contributed by atoms with Crippen molar-refractivity contribution in [3.05, 3.63) is 42.0 Å². The molecule has 0 N–H and O–H groups in total. The standard InChI is InChI=1S/C19H25ClF3NO2S/c1-24(14-12-16-6-4-15(5-7-16)3-2-13-20)27(25,26)18-10-8-17(9-11-18)19(21,22)23/h2-3,8-11,15-16H,4-7,12-14H2,1H3/b3-2+. The number of sulfonamides is 1. The lowest BCUT2D eigenvalue weighted by atomic mass is 9.80. The SMILES string of the molecule is CN(CCC1CCC(/C=C/CCl)CC1)S(=O)(=O)c1ccc(C(F)(F)F)cc1. The van der Waals surface area contributed by atoms with Gasteiger partial charge >= 0.3 is 6.18 Å². The predicted molar refractivity (Wildman–Crippen MR) is 101 cm³/mol. The smallest absolute Gasteiger partial charge is 0.207 e. The molecule has 0 spiro atoms. The van der Waals surface area contributed by atoms with Gasteiger partial charge in [-0.2, -0.15) is 13.2 Å². The molecule has 1 aromatic rings. The summed E-state index contributed by atoms with van der Waals surface area (Å²) in [4.78, 5) is -0.118. The molecule has 0 radical (unpaired) electrons. The van der Waals surface area contributed by atoms with Crippen molar-refractivity contribution in [1.82, 2.24) is 4.31 Å². The van der Waals surface area contributed by atoms with Crippen molar-refractivity contribution < 1.29 is 21.6 Å². The van der Waals surface area contributed by atoms with Crippen LogP contribution in [0.15, 0.2) is 41.3 Å². The van der Waals surface area contributed by atoms with Crippen LogP contribution in [0.2, 0.25) is 0 Å². The van der Waals surface area contributed by atoms with E-state index in [1.165, 1.54) is 11.4 Å². The van der Waals surface area contributed by atoms with Crippen LogP contribution in [0.5, 0.6) is 0 Å². The maximum Gasteiger partial charge on any atom is 0.416 e. The summed E-state index contributed by atoms with van der Waals surface area (Å²) >= 11 is 5.65. The second-order valence-corrected chi connectivity index (χ2v) is 9.35. The molecule has 1 aromatic carbocycles. The van der Waals surface area contributed by atoms with Crippen molar-refractivity contribution in [1.29, 1.82) is 0 Å². The van der Waals surface area contributed by atoms with E-state index in [4.69, 9.17) is 11.6 Å². The third kappa shape index (κ3) is 6.22. The number of halogens is 4. The summed E-state index contributed by atoms with van der Waals surface area (Å²) in [5.74, 6) is 1.54. The Labute approximate surface area is 164 Å². The third-order valence-electron chi connectivity index (χ3n) is 5.13. The first-order valence-electron chi connectivity index (χ1n) is 9.01. The number of hydrogen-bond donors (Lipinski definition) is 0. The Morgan fingerprint density at radius 2 is 1.74 bits per heavy atom. The molecule has 1 saturated carbocycles. The topological polar surface area (TPSA) is 37.4 Å². The van der Waals surface area contributed by atoms with E-state index in [0.29, 0.717) is 24.3 Å². The molecule has 1 aliphatic rings. The van der Waals surface area contributed by atoms with E-state index in [-0.39, 0.29) is 4.90 Å². The van der Waals surface area contributed by atoms with Crippen LogP contribution < -0.4 is 0 Å². The predicted octanol–water partition coefficient (Wildman–Crippen LogP) is 5.32. The fourth-order valence-corrected chi connectivity index (χ4v) is 4.68. The first kappa shape index (κ1) is 22.2. The van der Waals surface area contributed by atoms with Crippen LogP contribution in [-0.4, -0.2) is 32.2 Å². The highest BCUT2D eigenvalue weighted by Crippen LogP contribution is 2.32. The summed E-state index contributed by atoms with van der Waals surface area (Å²) in [7, 11) is -2.31. The largest absolute Gasteiger partial charge is 0.416 e. The second-order valence-electron chi connectivity index (χ2n) is 7.00. The van der Waals surface area contributed by atoms with Crippen molar-refractivity contribution in [3.8, 4) is 0 Å². The molecule has 0 heterocycles. The first-order valence-corrected chi connectivity index (χ1v) is 11.0. The molecule has 0 bridgehead atoms. The van der Waals surface area contributed by atoms with Crippen molar-refractivity contribution >= 4 is 21.6 Å². The molecule has 0 aliphatic heterocycles.